The van der Waals surface area contributed by atoms with Crippen molar-refractivity contribution in [3.05, 3.63) is 41.9 Å². The van der Waals surface area contributed by atoms with Gasteiger partial charge in [-0.15, -0.1) is 0 Å². The number of benzene rings is 1. The standard InChI is InChI=1S/C14H12N2O4/c1-8-2-4-12(20-8)14(18)15-9-3-5-11-10(6-9)16-13(17)7-19-11/h2-6H,7H2,1H3,(H,15,18)(H,16,17). The zero-order chi connectivity index (χ0) is 14.1. The van der Waals surface area contributed by atoms with Crippen LogP contribution in [0.25, 0.3) is 0 Å². The summed E-state index contributed by atoms with van der Waals surface area (Å²) < 4.78 is 10.5. The molecule has 1 aliphatic rings. The normalized spacial score (nSPS) is 13.2. The van der Waals surface area contributed by atoms with Crippen LogP contribution in [0.15, 0.2) is 34.7 Å². The first-order chi connectivity index (χ1) is 9.61. The number of aryl methyl sites for hydroxylation is 1. The molecule has 3 rings (SSSR count). The van der Waals surface area contributed by atoms with E-state index in [0.29, 0.717) is 22.9 Å². The van der Waals surface area contributed by atoms with E-state index in [-0.39, 0.29) is 24.2 Å². The number of nitrogens with one attached hydrogen (secondary N) is 2. The highest BCUT2D eigenvalue weighted by Crippen LogP contribution is 2.30. The highest BCUT2D eigenvalue weighted by molar-refractivity contribution is 6.03. The van der Waals surface area contributed by atoms with Gasteiger partial charge in [0.05, 0.1) is 5.69 Å². The van der Waals surface area contributed by atoms with Gasteiger partial charge in [0, 0.05) is 5.69 Å². The number of amides is 2. The van der Waals surface area contributed by atoms with Crippen LogP contribution >= 0.6 is 0 Å². The van der Waals surface area contributed by atoms with Crippen LogP contribution in [0.4, 0.5) is 11.4 Å². The number of ether oxygens (including phenoxy) is 1. The molecule has 102 valence electrons. The lowest BCUT2D eigenvalue weighted by atomic mass is 10.2. The zero-order valence-corrected chi connectivity index (χ0v) is 10.7. The van der Waals surface area contributed by atoms with Gasteiger partial charge < -0.3 is 19.8 Å². The smallest absolute Gasteiger partial charge is 0.291 e. The molecule has 2 aromatic rings. The van der Waals surface area contributed by atoms with Gasteiger partial charge in [-0.25, -0.2) is 0 Å². The average molecular weight is 272 g/mol. The van der Waals surface area contributed by atoms with Crippen LogP contribution in [0.3, 0.4) is 0 Å². The third kappa shape index (κ3) is 2.35. The Labute approximate surface area is 114 Å². The summed E-state index contributed by atoms with van der Waals surface area (Å²) in [6.07, 6.45) is 0. The molecular weight excluding hydrogens is 260 g/mol. The van der Waals surface area contributed by atoms with Crippen LogP contribution < -0.4 is 15.4 Å². The van der Waals surface area contributed by atoms with E-state index in [4.69, 9.17) is 9.15 Å². The molecular formula is C14H12N2O4. The molecule has 0 bridgehead atoms. The van der Waals surface area contributed by atoms with Crippen LogP contribution in [0.5, 0.6) is 5.75 Å². The van der Waals surface area contributed by atoms with Gasteiger partial charge in [-0.3, -0.25) is 9.59 Å². The maximum Gasteiger partial charge on any atom is 0.291 e. The van der Waals surface area contributed by atoms with Gasteiger partial charge in [0.25, 0.3) is 11.8 Å². The molecule has 6 heteroatoms. The Hall–Kier alpha value is -2.76. The second-order valence-electron chi connectivity index (χ2n) is 4.41. The SMILES string of the molecule is Cc1ccc(C(=O)Nc2ccc3c(c2)NC(=O)CO3)o1. The summed E-state index contributed by atoms with van der Waals surface area (Å²) in [6.45, 7) is 1.77. The Bertz CT molecular complexity index is 690. The minimum atomic E-state index is -0.346. The first-order valence-electron chi connectivity index (χ1n) is 6.06. The predicted octanol–water partition coefficient (Wildman–Crippen LogP) is 2.17. The molecule has 20 heavy (non-hydrogen) atoms. The molecule has 0 unspecified atom stereocenters. The molecule has 1 aliphatic heterocycles. The second-order valence-corrected chi connectivity index (χ2v) is 4.41. The molecule has 0 radical (unpaired) electrons. The van der Waals surface area contributed by atoms with Gasteiger partial charge in [-0.2, -0.15) is 0 Å². The second kappa shape index (κ2) is 4.73. The first kappa shape index (κ1) is 12.3. The van der Waals surface area contributed by atoms with E-state index in [9.17, 15) is 9.59 Å². The molecule has 2 amide bonds. The average Bonchev–Trinajstić information content (AvgIpc) is 2.85. The van der Waals surface area contributed by atoms with Gasteiger partial charge in [-0.1, -0.05) is 0 Å². The zero-order valence-electron chi connectivity index (χ0n) is 10.7. The van der Waals surface area contributed by atoms with Gasteiger partial charge in [0.1, 0.15) is 11.5 Å². The van der Waals surface area contributed by atoms with E-state index < -0.39 is 0 Å². The number of hydrogen-bond donors (Lipinski definition) is 2. The van der Waals surface area contributed by atoms with Crippen molar-refractivity contribution in [2.75, 3.05) is 17.2 Å². The highest BCUT2D eigenvalue weighted by Gasteiger charge is 2.17. The molecule has 0 fully saturated rings. The highest BCUT2D eigenvalue weighted by atomic mass is 16.5. The molecule has 6 nitrogen and oxygen atoms in total. The van der Waals surface area contributed by atoms with E-state index in [1.165, 1.54) is 0 Å². The largest absolute Gasteiger partial charge is 0.482 e. The maximum absolute atomic E-state index is 11.9. The Morgan fingerprint density at radius 2 is 2.15 bits per heavy atom. The third-order valence-corrected chi connectivity index (χ3v) is 2.83. The minimum absolute atomic E-state index is 0.00434. The van der Waals surface area contributed by atoms with E-state index in [2.05, 4.69) is 10.6 Å². The van der Waals surface area contributed by atoms with Crippen molar-refractivity contribution >= 4 is 23.2 Å². The van der Waals surface area contributed by atoms with Crippen LogP contribution in [0.2, 0.25) is 0 Å². The fourth-order valence-corrected chi connectivity index (χ4v) is 1.91. The van der Waals surface area contributed by atoms with E-state index >= 15 is 0 Å². The first-order valence-corrected chi connectivity index (χ1v) is 6.06. The lowest BCUT2D eigenvalue weighted by Crippen LogP contribution is -2.25. The maximum atomic E-state index is 11.9. The summed E-state index contributed by atoms with van der Waals surface area (Å²) in [4.78, 5) is 23.2. The molecule has 0 spiro atoms. The van der Waals surface area contributed by atoms with Gasteiger partial charge in [0.15, 0.2) is 12.4 Å². The van der Waals surface area contributed by atoms with Gasteiger partial charge >= 0.3 is 0 Å². The molecule has 2 N–H and O–H groups in total. The van der Waals surface area contributed by atoms with E-state index in [0.717, 1.165) is 0 Å². The quantitative estimate of drug-likeness (QED) is 0.878. The monoisotopic (exact) mass is 272 g/mol. The molecule has 2 heterocycles. The lowest BCUT2D eigenvalue weighted by molar-refractivity contribution is -0.118. The number of hydrogen-bond acceptors (Lipinski definition) is 4. The Morgan fingerprint density at radius 1 is 1.30 bits per heavy atom. The summed E-state index contributed by atoms with van der Waals surface area (Å²) in [6, 6.07) is 8.35. The van der Waals surface area contributed by atoms with Crippen molar-refractivity contribution in [3.8, 4) is 5.75 Å². The van der Waals surface area contributed by atoms with E-state index in [1.54, 1.807) is 37.3 Å². The fourth-order valence-electron chi connectivity index (χ4n) is 1.91. The van der Waals surface area contributed by atoms with Crippen molar-refractivity contribution in [2.45, 2.75) is 6.92 Å². The summed E-state index contributed by atoms with van der Waals surface area (Å²) in [5.74, 6) is 0.918. The van der Waals surface area contributed by atoms with Crippen molar-refractivity contribution in [1.29, 1.82) is 0 Å². The van der Waals surface area contributed by atoms with Crippen LogP contribution in [0, 0.1) is 6.92 Å². The third-order valence-electron chi connectivity index (χ3n) is 2.83. The molecule has 0 aliphatic carbocycles. The number of rotatable bonds is 2. The Balaban J connectivity index is 1.80. The molecule has 0 saturated heterocycles. The molecule has 0 atom stereocenters. The number of carbonyl (C=O) groups excluding carboxylic acids is 2. The summed E-state index contributed by atoms with van der Waals surface area (Å²) in [5, 5.41) is 5.38. The summed E-state index contributed by atoms with van der Waals surface area (Å²) in [5.41, 5.74) is 1.09. The topological polar surface area (TPSA) is 80.6 Å². The summed E-state index contributed by atoms with van der Waals surface area (Å²) in [7, 11) is 0. The van der Waals surface area contributed by atoms with Crippen molar-refractivity contribution in [1.82, 2.24) is 0 Å². The minimum Gasteiger partial charge on any atom is -0.482 e. The van der Waals surface area contributed by atoms with Crippen LogP contribution in [0.1, 0.15) is 16.3 Å². The summed E-state index contributed by atoms with van der Waals surface area (Å²) >= 11 is 0. The fraction of sp³-hybridized carbons (Fsp3) is 0.143. The van der Waals surface area contributed by atoms with Gasteiger partial charge in [0.2, 0.25) is 0 Å². The van der Waals surface area contributed by atoms with Gasteiger partial charge in [-0.05, 0) is 37.3 Å². The van der Waals surface area contributed by atoms with Crippen LogP contribution in [-0.4, -0.2) is 18.4 Å². The Morgan fingerprint density at radius 3 is 2.90 bits per heavy atom. The Kier molecular flexibility index (Phi) is 2.90. The molecule has 1 aromatic carbocycles. The molecule has 1 aromatic heterocycles. The van der Waals surface area contributed by atoms with Crippen molar-refractivity contribution in [2.24, 2.45) is 0 Å². The number of furan rings is 1. The number of carbonyl (C=O) groups is 2. The van der Waals surface area contributed by atoms with Crippen molar-refractivity contribution in [3.63, 3.8) is 0 Å². The van der Waals surface area contributed by atoms with Crippen LogP contribution in [-0.2, 0) is 4.79 Å². The lowest BCUT2D eigenvalue weighted by Gasteiger charge is -2.18. The predicted molar refractivity (Wildman–Crippen MR) is 72.0 cm³/mol. The number of fused-ring (bicyclic) bond motifs is 1. The number of anilines is 2. The van der Waals surface area contributed by atoms with E-state index in [1.807, 2.05) is 0 Å². The van der Waals surface area contributed by atoms with Crippen molar-refractivity contribution < 1.29 is 18.7 Å². The molecule has 0 saturated carbocycles.